The number of hydrogen-bond donors (Lipinski definition) is 1. The van der Waals surface area contributed by atoms with Crippen molar-refractivity contribution in [2.75, 3.05) is 13.1 Å². The van der Waals surface area contributed by atoms with Gasteiger partial charge in [-0.2, -0.15) is 0 Å². The molecule has 1 fully saturated rings. The zero-order valence-electron chi connectivity index (χ0n) is 8.82. The Bertz CT molecular complexity index is 357. The Morgan fingerprint density at radius 3 is 2.53 bits per heavy atom. The molecule has 1 heterocycles. The zero-order chi connectivity index (χ0) is 10.9. The third kappa shape index (κ3) is 2.15. The number of rotatable bonds is 1. The summed E-state index contributed by atoms with van der Waals surface area (Å²) in [4.78, 5) is 0. The average Bonchev–Trinajstić information content (AvgIpc) is 2.23. The summed E-state index contributed by atoms with van der Waals surface area (Å²) in [6, 6.07) is 5.92. The minimum Gasteiger partial charge on any atom is -0.317 e. The van der Waals surface area contributed by atoms with E-state index >= 15 is 0 Å². The van der Waals surface area contributed by atoms with Crippen molar-refractivity contribution in [2.45, 2.75) is 25.2 Å². The Kier molecular flexibility index (Phi) is 3.24. The summed E-state index contributed by atoms with van der Waals surface area (Å²) in [6.45, 7) is 4.38. The molecule has 0 saturated carbocycles. The van der Waals surface area contributed by atoms with Gasteiger partial charge in [0.05, 0.1) is 10.0 Å². The molecule has 2 rings (SSSR count). The van der Waals surface area contributed by atoms with Gasteiger partial charge in [-0.3, -0.25) is 0 Å². The number of benzene rings is 1. The highest BCUT2D eigenvalue weighted by atomic mass is 35.5. The summed E-state index contributed by atoms with van der Waals surface area (Å²) in [6.07, 6.45) is 2.24. The molecule has 1 N–H and O–H groups in total. The van der Waals surface area contributed by atoms with Crippen LogP contribution < -0.4 is 5.32 Å². The number of hydrogen-bond acceptors (Lipinski definition) is 1. The van der Waals surface area contributed by atoms with E-state index in [4.69, 9.17) is 23.2 Å². The van der Waals surface area contributed by atoms with Crippen LogP contribution in [0.2, 0.25) is 10.0 Å². The molecule has 1 nitrogen and oxygen atoms in total. The summed E-state index contributed by atoms with van der Waals surface area (Å²) in [7, 11) is 0. The molecule has 0 aromatic heterocycles. The van der Waals surface area contributed by atoms with E-state index in [1.54, 1.807) is 0 Å². The topological polar surface area (TPSA) is 12.0 Å². The first-order valence-corrected chi connectivity index (χ1v) is 6.04. The summed E-state index contributed by atoms with van der Waals surface area (Å²) in [5.41, 5.74) is 1.37. The zero-order valence-corrected chi connectivity index (χ0v) is 10.3. The van der Waals surface area contributed by atoms with Crippen LogP contribution in [0.15, 0.2) is 18.2 Å². The molecule has 1 aliphatic heterocycles. The van der Waals surface area contributed by atoms with E-state index in [-0.39, 0.29) is 5.41 Å². The summed E-state index contributed by atoms with van der Waals surface area (Å²) in [5.74, 6) is 0. The van der Waals surface area contributed by atoms with Crippen LogP contribution in [0.3, 0.4) is 0 Å². The van der Waals surface area contributed by atoms with Gasteiger partial charge in [0.15, 0.2) is 0 Å². The van der Waals surface area contributed by atoms with Gasteiger partial charge in [0.2, 0.25) is 0 Å². The summed E-state index contributed by atoms with van der Waals surface area (Å²) in [5, 5.41) is 4.75. The average molecular weight is 244 g/mol. The predicted octanol–water partition coefficient (Wildman–Crippen LogP) is 3.63. The van der Waals surface area contributed by atoms with E-state index in [0.717, 1.165) is 31.0 Å². The molecular formula is C12H15Cl2N. The maximum Gasteiger partial charge on any atom is 0.0629 e. The molecule has 0 bridgehead atoms. The Hall–Kier alpha value is -0.240. The van der Waals surface area contributed by atoms with Gasteiger partial charge in [-0.25, -0.2) is 0 Å². The van der Waals surface area contributed by atoms with Crippen LogP contribution in [0.5, 0.6) is 0 Å². The largest absolute Gasteiger partial charge is 0.317 e. The van der Waals surface area contributed by atoms with Gasteiger partial charge in [-0.05, 0) is 43.0 Å². The lowest BCUT2D eigenvalue weighted by Crippen LogP contribution is -2.37. The van der Waals surface area contributed by atoms with Crippen LogP contribution >= 0.6 is 23.2 Å². The van der Waals surface area contributed by atoms with Crippen molar-refractivity contribution < 1.29 is 0 Å². The minimum absolute atomic E-state index is 0.174. The van der Waals surface area contributed by atoms with Crippen molar-refractivity contribution in [3.05, 3.63) is 33.8 Å². The summed E-state index contributed by atoms with van der Waals surface area (Å²) >= 11 is 12.3. The van der Waals surface area contributed by atoms with Crippen molar-refractivity contribution in [3.63, 3.8) is 0 Å². The SMILES string of the molecule is CC1(c2cccc(Cl)c2Cl)CCNCC1. The smallest absolute Gasteiger partial charge is 0.0629 e. The normalized spacial score (nSPS) is 20.2. The fourth-order valence-corrected chi connectivity index (χ4v) is 2.75. The lowest BCUT2D eigenvalue weighted by atomic mass is 9.75. The van der Waals surface area contributed by atoms with Gasteiger partial charge < -0.3 is 5.32 Å². The Balaban J connectivity index is 2.39. The van der Waals surface area contributed by atoms with E-state index in [1.807, 2.05) is 12.1 Å². The maximum atomic E-state index is 6.26. The van der Waals surface area contributed by atoms with Crippen LogP contribution in [0.4, 0.5) is 0 Å². The highest BCUT2D eigenvalue weighted by molar-refractivity contribution is 6.42. The fraction of sp³-hybridized carbons (Fsp3) is 0.500. The highest BCUT2D eigenvalue weighted by Gasteiger charge is 2.30. The molecule has 1 aromatic carbocycles. The van der Waals surface area contributed by atoms with Crippen LogP contribution in [0.25, 0.3) is 0 Å². The van der Waals surface area contributed by atoms with Gasteiger partial charge in [0, 0.05) is 0 Å². The van der Waals surface area contributed by atoms with Crippen LogP contribution in [0.1, 0.15) is 25.3 Å². The lowest BCUT2D eigenvalue weighted by Gasteiger charge is -2.35. The molecule has 0 aliphatic carbocycles. The number of nitrogens with one attached hydrogen (secondary N) is 1. The number of piperidine rings is 1. The Labute approximate surface area is 101 Å². The first kappa shape index (κ1) is 11.3. The Morgan fingerprint density at radius 1 is 1.20 bits per heavy atom. The fourth-order valence-electron chi connectivity index (χ4n) is 2.22. The van der Waals surface area contributed by atoms with Crippen LogP contribution in [0, 0.1) is 0 Å². The van der Waals surface area contributed by atoms with Gasteiger partial charge in [0.1, 0.15) is 0 Å². The first-order chi connectivity index (χ1) is 7.13. The summed E-state index contributed by atoms with van der Waals surface area (Å²) < 4.78 is 0. The molecule has 0 atom stereocenters. The number of halogens is 2. The van der Waals surface area contributed by atoms with Crippen LogP contribution in [-0.2, 0) is 5.41 Å². The molecule has 0 amide bonds. The van der Waals surface area contributed by atoms with Gasteiger partial charge in [-0.1, -0.05) is 42.3 Å². The van der Waals surface area contributed by atoms with E-state index in [0.29, 0.717) is 5.02 Å². The van der Waals surface area contributed by atoms with Crippen molar-refractivity contribution >= 4 is 23.2 Å². The molecule has 0 spiro atoms. The molecule has 3 heteroatoms. The second-order valence-electron chi connectivity index (χ2n) is 4.41. The molecule has 0 radical (unpaired) electrons. The molecule has 0 unspecified atom stereocenters. The standard InChI is InChI=1S/C12H15Cl2N/c1-12(5-7-15-8-6-12)9-3-2-4-10(13)11(9)14/h2-4,15H,5-8H2,1H3. The molecule has 15 heavy (non-hydrogen) atoms. The van der Waals surface area contributed by atoms with E-state index in [2.05, 4.69) is 18.3 Å². The first-order valence-electron chi connectivity index (χ1n) is 5.29. The second kappa shape index (κ2) is 4.32. The van der Waals surface area contributed by atoms with Gasteiger partial charge >= 0.3 is 0 Å². The molecule has 82 valence electrons. The Morgan fingerprint density at radius 2 is 1.87 bits per heavy atom. The van der Waals surface area contributed by atoms with Crippen molar-refractivity contribution in [3.8, 4) is 0 Å². The molecular weight excluding hydrogens is 229 g/mol. The van der Waals surface area contributed by atoms with E-state index in [1.165, 1.54) is 5.56 Å². The van der Waals surface area contributed by atoms with E-state index in [9.17, 15) is 0 Å². The molecule has 1 saturated heterocycles. The third-order valence-corrected chi connectivity index (χ3v) is 4.13. The lowest BCUT2D eigenvalue weighted by molar-refractivity contribution is 0.335. The molecule has 1 aliphatic rings. The van der Waals surface area contributed by atoms with Crippen molar-refractivity contribution in [1.29, 1.82) is 0 Å². The van der Waals surface area contributed by atoms with E-state index < -0.39 is 0 Å². The second-order valence-corrected chi connectivity index (χ2v) is 5.20. The van der Waals surface area contributed by atoms with Gasteiger partial charge in [-0.15, -0.1) is 0 Å². The monoisotopic (exact) mass is 243 g/mol. The quantitative estimate of drug-likeness (QED) is 0.795. The predicted molar refractivity (Wildman–Crippen MR) is 65.9 cm³/mol. The highest BCUT2D eigenvalue weighted by Crippen LogP contribution is 2.39. The van der Waals surface area contributed by atoms with Crippen molar-refractivity contribution in [2.24, 2.45) is 0 Å². The minimum atomic E-state index is 0.174. The maximum absolute atomic E-state index is 6.26. The van der Waals surface area contributed by atoms with Gasteiger partial charge in [0.25, 0.3) is 0 Å². The van der Waals surface area contributed by atoms with Crippen LogP contribution in [-0.4, -0.2) is 13.1 Å². The van der Waals surface area contributed by atoms with Crippen molar-refractivity contribution in [1.82, 2.24) is 5.32 Å². The molecule has 1 aromatic rings. The third-order valence-electron chi connectivity index (χ3n) is 3.31.